The number of aliphatic carboxylic acids is 1. The predicted molar refractivity (Wildman–Crippen MR) is 69.1 cm³/mol. The number of hydrogen-bond donors (Lipinski definition) is 1. The van der Waals surface area contributed by atoms with Crippen LogP contribution in [-0.4, -0.2) is 22.9 Å². The van der Waals surface area contributed by atoms with E-state index in [0.29, 0.717) is 5.02 Å². The van der Waals surface area contributed by atoms with Crippen LogP contribution in [0.25, 0.3) is 0 Å². The van der Waals surface area contributed by atoms with Crippen LogP contribution in [0.2, 0.25) is 5.02 Å². The molecule has 0 aromatic heterocycles. The minimum atomic E-state index is -0.799. The Morgan fingerprint density at radius 1 is 1.37 bits per heavy atom. The minimum Gasteiger partial charge on any atom is -0.481 e. The molecule has 19 heavy (non-hydrogen) atoms. The molecule has 0 saturated heterocycles. The van der Waals surface area contributed by atoms with E-state index in [9.17, 15) is 9.90 Å². The zero-order valence-corrected chi connectivity index (χ0v) is 10.6. The van der Waals surface area contributed by atoms with Gasteiger partial charge in [-0.05, 0) is 18.6 Å². The first kappa shape index (κ1) is 11.1. The van der Waals surface area contributed by atoms with E-state index in [1.54, 1.807) is 12.1 Å². The first-order valence-corrected chi connectivity index (χ1v) is 6.50. The van der Waals surface area contributed by atoms with Crippen LogP contribution in [0.1, 0.15) is 12.0 Å². The summed E-state index contributed by atoms with van der Waals surface area (Å²) < 4.78 is 0. The van der Waals surface area contributed by atoms with Crippen molar-refractivity contribution in [3.05, 3.63) is 46.0 Å². The van der Waals surface area contributed by atoms with Gasteiger partial charge in [-0.1, -0.05) is 34.5 Å². The van der Waals surface area contributed by atoms with Crippen molar-refractivity contribution in [2.75, 3.05) is 0 Å². The number of carboxylic acids is 1. The molecule has 5 heteroatoms. The van der Waals surface area contributed by atoms with Gasteiger partial charge in [-0.2, -0.15) is 0 Å². The lowest BCUT2D eigenvalue weighted by atomic mass is 9.93. The third-order valence-corrected chi connectivity index (χ3v) is 4.28. The maximum Gasteiger partial charge on any atom is 0.311 e. The molecule has 4 rings (SSSR count). The highest BCUT2D eigenvalue weighted by molar-refractivity contribution is 6.30. The molecule has 1 heterocycles. The second-order valence-corrected chi connectivity index (χ2v) is 5.52. The van der Waals surface area contributed by atoms with Gasteiger partial charge in [0.1, 0.15) is 11.6 Å². The highest BCUT2D eigenvalue weighted by atomic mass is 35.5. The molecule has 3 atom stereocenters. The predicted octanol–water partition coefficient (Wildman–Crippen LogP) is 2.47. The van der Waals surface area contributed by atoms with Crippen LogP contribution in [0.4, 0.5) is 0 Å². The summed E-state index contributed by atoms with van der Waals surface area (Å²) in [5.41, 5.74) is 3.87. The maximum absolute atomic E-state index is 11.3. The zero-order valence-electron chi connectivity index (χ0n) is 9.84. The summed E-state index contributed by atoms with van der Waals surface area (Å²) in [5, 5.41) is 14.0. The highest BCUT2D eigenvalue weighted by Crippen LogP contribution is 2.57. The first-order valence-electron chi connectivity index (χ1n) is 6.12. The molecule has 1 fully saturated rings. The van der Waals surface area contributed by atoms with Gasteiger partial charge in [-0.25, -0.2) is 0 Å². The number of halogens is 1. The molecule has 0 spiro atoms. The van der Waals surface area contributed by atoms with Crippen LogP contribution in [0, 0.1) is 11.8 Å². The van der Waals surface area contributed by atoms with Gasteiger partial charge in [-0.3, -0.25) is 4.79 Å². The lowest BCUT2D eigenvalue weighted by Crippen LogP contribution is -2.28. The summed E-state index contributed by atoms with van der Waals surface area (Å²) in [4.78, 5) is 16.7. The number of hydrogen-bond acceptors (Lipinski definition) is 3. The Morgan fingerprint density at radius 3 is 2.79 bits per heavy atom. The summed E-state index contributed by atoms with van der Waals surface area (Å²) in [6.07, 6.45) is 0.454. The van der Waals surface area contributed by atoms with E-state index in [2.05, 4.69) is 5.16 Å². The van der Waals surface area contributed by atoms with E-state index >= 15 is 0 Å². The molecule has 1 N–H and O–H groups in total. The third kappa shape index (κ3) is 1.46. The monoisotopic (exact) mass is 275 g/mol. The number of benzene rings is 1. The van der Waals surface area contributed by atoms with Crippen LogP contribution < -0.4 is 0 Å². The quantitative estimate of drug-likeness (QED) is 0.902. The molecule has 1 aromatic carbocycles. The fraction of sp³-hybridized carbons (Fsp3) is 0.286. The first-order chi connectivity index (χ1) is 9.16. The molecular formula is C14H10ClNO3. The van der Waals surface area contributed by atoms with Crippen molar-refractivity contribution in [3.63, 3.8) is 0 Å². The summed E-state index contributed by atoms with van der Waals surface area (Å²) in [6, 6.07) is 7.36. The van der Waals surface area contributed by atoms with Gasteiger partial charge in [0.2, 0.25) is 0 Å². The summed E-state index contributed by atoms with van der Waals surface area (Å²) in [7, 11) is 0. The molecule has 1 saturated carbocycles. The Bertz CT molecular complexity index is 647. The molecule has 96 valence electrons. The van der Waals surface area contributed by atoms with Gasteiger partial charge in [0.15, 0.2) is 6.10 Å². The zero-order chi connectivity index (χ0) is 13.1. The van der Waals surface area contributed by atoms with E-state index in [0.717, 1.165) is 23.3 Å². The maximum atomic E-state index is 11.3. The van der Waals surface area contributed by atoms with Crippen molar-refractivity contribution in [3.8, 4) is 0 Å². The lowest BCUT2D eigenvalue weighted by molar-refractivity contribution is -0.146. The SMILES string of the molecule is O=C(O)C1C2CC2=C2C(c3ccc(Cl)cc3)=NOC21. The second kappa shape index (κ2) is 3.61. The molecule has 3 aliphatic rings. The summed E-state index contributed by atoms with van der Waals surface area (Å²) in [5.74, 6) is -1.12. The van der Waals surface area contributed by atoms with E-state index in [1.807, 2.05) is 12.1 Å². The van der Waals surface area contributed by atoms with E-state index < -0.39 is 18.0 Å². The Hall–Kier alpha value is -1.81. The van der Waals surface area contributed by atoms with Gasteiger partial charge >= 0.3 is 5.97 Å². The van der Waals surface area contributed by atoms with Gasteiger partial charge < -0.3 is 9.94 Å². The second-order valence-electron chi connectivity index (χ2n) is 5.09. The van der Waals surface area contributed by atoms with Crippen LogP contribution >= 0.6 is 11.6 Å². The third-order valence-electron chi connectivity index (χ3n) is 4.03. The van der Waals surface area contributed by atoms with Crippen molar-refractivity contribution in [2.45, 2.75) is 12.5 Å². The minimum absolute atomic E-state index is 0.148. The highest BCUT2D eigenvalue weighted by Gasteiger charge is 2.59. The van der Waals surface area contributed by atoms with Crippen molar-refractivity contribution in [2.24, 2.45) is 17.0 Å². The smallest absolute Gasteiger partial charge is 0.311 e. The normalized spacial score (nSPS) is 30.6. The van der Waals surface area contributed by atoms with Gasteiger partial charge in [-0.15, -0.1) is 0 Å². The Labute approximate surface area is 114 Å². The Morgan fingerprint density at radius 2 is 2.11 bits per heavy atom. The number of fused-ring (bicyclic) bond motifs is 2. The molecule has 1 aliphatic heterocycles. The number of rotatable bonds is 2. The van der Waals surface area contributed by atoms with Gasteiger partial charge in [0.25, 0.3) is 0 Å². The molecule has 4 nitrogen and oxygen atoms in total. The van der Waals surface area contributed by atoms with Gasteiger partial charge in [0, 0.05) is 22.1 Å². The number of oxime groups is 1. The lowest BCUT2D eigenvalue weighted by Gasteiger charge is -2.14. The number of allylic oxidation sites excluding steroid dienone is 1. The number of carbonyl (C=O) groups is 1. The van der Waals surface area contributed by atoms with Gasteiger partial charge in [0.05, 0.1) is 0 Å². The molecule has 1 aromatic rings. The fourth-order valence-corrected chi connectivity index (χ4v) is 3.21. The number of nitrogens with zero attached hydrogens (tertiary/aromatic N) is 1. The standard InChI is InChI=1S/C14H10ClNO3/c15-7-3-1-6(2-4-7)12-10-8-5-9(8)11(14(17)18)13(10)19-16-12/h1-4,9,11,13H,5H2,(H,17,18). The Kier molecular flexibility index (Phi) is 2.10. The number of carboxylic acid groups (broad SMARTS) is 1. The van der Waals surface area contributed by atoms with Crippen LogP contribution in [0.3, 0.4) is 0 Å². The molecule has 0 bridgehead atoms. The van der Waals surface area contributed by atoms with Crippen LogP contribution in [-0.2, 0) is 9.63 Å². The van der Waals surface area contributed by atoms with Crippen molar-refractivity contribution >= 4 is 23.3 Å². The van der Waals surface area contributed by atoms with Crippen molar-refractivity contribution in [1.29, 1.82) is 0 Å². The Balaban J connectivity index is 1.73. The fourth-order valence-electron chi connectivity index (χ4n) is 3.09. The van der Waals surface area contributed by atoms with Crippen LogP contribution in [0.5, 0.6) is 0 Å². The van der Waals surface area contributed by atoms with Crippen molar-refractivity contribution in [1.82, 2.24) is 0 Å². The summed E-state index contributed by atoms with van der Waals surface area (Å²) in [6.45, 7) is 0. The average Bonchev–Trinajstić information content (AvgIpc) is 2.90. The summed E-state index contributed by atoms with van der Waals surface area (Å²) >= 11 is 5.87. The molecular weight excluding hydrogens is 266 g/mol. The molecule has 0 amide bonds. The molecule has 3 unspecified atom stereocenters. The van der Waals surface area contributed by atoms with Crippen LogP contribution in [0.15, 0.2) is 40.6 Å². The topological polar surface area (TPSA) is 58.9 Å². The average molecular weight is 276 g/mol. The van der Waals surface area contributed by atoms with Crippen molar-refractivity contribution < 1.29 is 14.7 Å². The molecule has 2 aliphatic carbocycles. The van der Waals surface area contributed by atoms with E-state index in [1.165, 1.54) is 5.57 Å². The molecule has 0 radical (unpaired) electrons. The van der Waals surface area contributed by atoms with E-state index in [4.69, 9.17) is 16.4 Å². The largest absolute Gasteiger partial charge is 0.481 e. The van der Waals surface area contributed by atoms with E-state index in [-0.39, 0.29) is 5.92 Å².